The maximum absolute atomic E-state index is 12.1. The number of nitrogens with two attached hydrogens (primary N) is 1. The van der Waals surface area contributed by atoms with Crippen molar-refractivity contribution in [2.24, 2.45) is 5.73 Å². The molecule has 3 rings (SSSR count). The van der Waals surface area contributed by atoms with Gasteiger partial charge in [-0.25, -0.2) is 0 Å². The molecule has 1 aliphatic rings. The Morgan fingerprint density at radius 3 is 2.58 bits per heavy atom. The largest absolute Gasteiger partial charge is 0.486 e. The Morgan fingerprint density at radius 2 is 1.79 bits per heavy atom. The molecule has 0 spiro atoms. The third kappa shape index (κ3) is 4.26. The van der Waals surface area contributed by atoms with E-state index < -0.39 is 6.04 Å². The average Bonchev–Trinajstić information content (AvgIpc) is 2.62. The zero-order valence-corrected chi connectivity index (χ0v) is 13.5. The molecular formula is C19H22N2O3. The molecule has 0 unspecified atom stereocenters. The lowest BCUT2D eigenvalue weighted by atomic mass is 10.1. The molecule has 3 N–H and O–H groups in total. The van der Waals surface area contributed by atoms with Gasteiger partial charge in [-0.3, -0.25) is 4.79 Å². The minimum atomic E-state index is -0.535. The highest BCUT2D eigenvalue weighted by Gasteiger charge is 2.14. The van der Waals surface area contributed by atoms with Crippen molar-refractivity contribution in [1.82, 2.24) is 5.32 Å². The zero-order chi connectivity index (χ0) is 16.8. The zero-order valence-electron chi connectivity index (χ0n) is 13.5. The number of benzene rings is 2. The minimum Gasteiger partial charge on any atom is -0.486 e. The molecule has 1 atom stereocenters. The second-order valence-corrected chi connectivity index (χ2v) is 5.82. The predicted octanol–water partition coefficient (Wildman–Crippen LogP) is 1.69. The van der Waals surface area contributed by atoms with E-state index in [9.17, 15) is 4.79 Å². The van der Waals surface area contributed by atoms with Crippen LogP contribution in [-0.4, -0.2) is 31.7 Å². The quantitative estimate of drug-likeness (QED) is 0.847. The Kier molecular flexibility index (Phi) is 5.33. The summed E-state index contributed by atoms with van der Waals surface area (Å²) in [6.45, 7) is 1.70. The number of hydrogen-bond acceptors (Lipinski definition) is 4. The van der Waals surface area contributed by atoms with E-state index in [0.29, 0.717) is 26.2 Å². The second-order valence-electron chi connectivity index (χ2n) is 5.82. The van der Waals surface area contributed by atoms with Gasteiger partial charge in [-0.05, 0) is 36.1 Å². The van der Waals surface area contributed by atoms with E-state index >= 15 is 0 Å². The summed E-state index contributed by atoms with van der Waals surface area (Å²) in [6, 6.07) is 15.1. The lowest BCUT2D eigenvalue weighted by molar-refractivity contribution is -0.122. The van der Waals surface area contributed by atoms with Gasteiger partial charge in [-0.2, -0.15) is 0 Å². The molecule has 126 valence electrons. The van der Waals surface area contributed by atoms with E-state index in [2.05, 4.69) is 5.32 Å². The summed E-state index contributed by atoms with van der Waals surface area (Å²) in [5.74, 6) is 1.42. The van der Waals surface area contributed by atoms with Gasteiger partial charge in [0, 0.05) is 6.54 Å². The molecule has 1 aliphatic heterocycles. The van der Waals surface area contributed by atoms with Crippen LogP contribution in [0.25, 0.3) is 0 Å². The number of hydrogen-bond donors (Lipinski definition) is 2. The Balaban J connectivity index is 1.46. The summed E-state index contributed by atoms with van der Waals surface area (Å²) in [7, 11) is 0. The molecule has 0 aromatic heterocycles. The van der Waals surface area contributed by atoms with Crippen molar-refractivity contribution in [3.05, 3.63) is 59.7 Å². The van der Waals surface area contributed by atoms with Gasteiger partial charge in [0.05, 0.1) is 6.04 Å². The van der Waals surface area contributed by atoms with Crippen molar-refractivity contribution in [2.45, 2.75) is 18.9 Å². The predicted molar refractivity (Wildman–Crippen MR) is 92.3 cm³/mol. The molecule has 24 heavy (non-hydrogen) atoms. The number of fused-ring (bicyclic) bond motifs is 1. The monoisotopic (exact) mass is 326 g/mol. The third-order valence-corrected chi connectivity index (χ3v) is 3.95. The summed E-state index contributed by atoms with van der Waals surface area (Å²) in [5, 5.41) is 2.90. The second kappa shape index (κ2) is 7.84. The summed E-state index contributed by atoms with van der Waals surface area (Å²) in [4.78, 5) is 12.1. The Morgan fingerprint density at radius 1 is 1.04 bits per heavy atom. The van der Waals surface area contributed by atoms with Crippen LogP contribution >= 0.6 is 0 Å². The van der Waals surface area contributed by atoms with Gasteiger partial charge in [0.25, 0.3) is 0 Å². The van der Waals surface area contributed by atoms with Crippen LogP contribution in [0.3, 0.4) is 0 Å². The van der Waals surface area contributed by atoms with E-state index in [1.54, 1.807) is 0 Å². The van der Waals surface area contributed by atoms with Crippen molar-refractivity contribution in [3.8, 4) is 11.5 Å². The maximum atomic E-state index is 12.1. The summed E-state index contributed by atoms with van der Waals surface area (Å²) in [5.41, 5.74) is 8.13. The van der Waals surface area contributed by atoms with E-state index in [1.165, 1.54) is 0 Å². The van der Waals surface area contributed by atoms with Crippen LogP contribution < -0.4 is 20.5 Å². The molecule has 1 heterocycles. The molecule has 1 amide bonds. The SMILES string of the molecule is N[C@@H](Cc1ccccc1)C(=O)NCCc1ccc2c(c1)OCCO2. The van der Waals surface area contributed by atoms with Crippen LogP contribution in [0.15, 0.2) is 48.5 Å². The van der Waals surface area contributed by atoms with Crippen LogP contribution in [0.1, 0.15) is 11.1 Å². The third-order valence-electron chi connectivity index (χ3n) is 3.95. The minimum absolute atomic E-state index is 0.128. The van der Waals surface area contributed by atoms with Crippen LogP contribution in [0.2, 0.25) is 0 Å². The molecule has 0 fully saturated rings. The van der Waals surface area contributed by atoms with E-state index in [4.69, 9.17) is 15.2 Å². The van der Waals surface area contributed by atoms with E-state index in [-0.39, 0.29) is 5.91 Å². The molecular weight excluding hydrogens is 304 g/mol. The van der Waals surface area contributed by atoms with Gasteiger partial charge in [0.15, 0.2) is 11.5 Å². The lowest BCUT2D eigenvalue weighted by Gasteiger charge is -2.19. The number of ether oxygens (including phenoxy) is 2. The highest BCUT2D eigenvalue weighted by atomic mass is 16.6. The Bertz CT molecular complexity index is 688. The normalized spacial score (nSPS) is 14.0. The van der Waals surface area contributed by atoms with Crippen LogP contribution in [0.5, 0.6) is 11.5 Å². The Labute approximate surface area is 141 Å². The molecule has 0 saturated heterocycles. The number of amides is 1. The topological polar surface area (TPSA) is 73.6 Å². The van der Waals surface area contributed by atoms with Crippen LogP contribution in [-0.2, 0) is 17.6 Å². The van der Waals surface area contributed by atoms with Crippen molar-refractivity contribution >= 4 is 5.91 Å². The number of carbonyl (C=O) groups is 1. The molecule has 0 bridgehead atoms. The highest BCUT2D eigenvalue weighted by molar-refractivity contribution is 5.81. The van der Waals surface area contributed by atoms with Crippen LogP contribution in [0.4, 0.5) is 0 Å². The fourth-order valence-electron chi connectivity index (χ4n) is 2.67. The van der Waals surface area contributed by atoms with Gasteiger partial charge in [0.1, 0.15) is 13.2 Å². The number of nitrogens with one attached hydrogen (secondary N) is 1. The van der Waals surface area contributed by atoms with Gasteiger partial charge in [-0.15, -0.1) is 0 Å². The smallest absolute Gasteiger partial charge is 0.237 e. The van der Waals surface area contributed by atoms with Gasteiger partial charge >= 0.3 is 0 Å². The number of rotatable bonds is 6. The molecule has 2 aromatic rings. The van der Waals surface area contributed by atoms with Gasteiger partial charge in [0.2, 0.25) is 5.91 Å². The fourth-order valence-corrected chi connectivity index (χ4v) is 2.67. The molecule has 0 aliphatic carbocycles. The molecule has 0 radical (unpaired) electrons. The van der Waals surface area contributed by atoms with Crippen molar-refractivity contribution in [3.63, 3.8) is 0 Å². The molecule has 0 saturated carbocycles. The molecule has 5 nitrogen and oxygen atoms in total. The van der Waals surface area contributed by atoms with E-state index in [0.717, 1.165) is 29.0 Å². The molecule has 5 heteroatoms. The summed E-state index contributed by atoms with van der Waals surface area (Å²) in [6.07, 6.45) is 1.26. The van der Waals surface area contributed by atoms with Gasteiger partial charge < -0.3 is 20.5 Å². The van der Waals surface area contributed by atoms with Gasteiger partial charge in [-0.1, -0.05) is 36.4 Å². The first kappa shape index (κ1) is 16.3. The standard InChI is InChI=1S/C19H22N2O3/c20-16(12-14-4-2-1-3-5-14)19(22)21-9-8-15-6-7-17-18(13-15)24-11-10-23-17/h1-7,13,16H,8-12,20H2,(H,21,22)/t16-/m0/s1. The first-order valence-electron chi connectivity index (χ1n) is 8.18. The first-order chi connectivity index (χ1) is 11.7. The van der Waals surface area contributed by atoms with Crippen LogP contribution in [0, 0.1) is 0 Å². The Hall–Kier alpha value is -2.53. The van der Waals surface area contributed by atoms with E-state index in [1.807, 2.05) is 48.5 Å². The average molecular weight is 326 g/mol. The summed E-state index contributed by atoms with van der Waals surface area (Å²) < 4.78 is 11.1. The maximum Gasteiger partial charge on any atom is 0.237 e. The first-order valence-corrected chi connectivity index (χ1v) is 8.18. The highest BCUT2D eigenvalue weighted by Crippen LogP contribution is 2.30. The van der Waals surface area contributed by atoms with Crippen molar-refractivity contribution < 1.29 is 14.3 Å². The van der Waals surface area contributed by atoms with Crippen molar-refractivity contribution in [1.29, 1.82) is 0 Å². The lowest BCUT2D eigenvalue weighted by Crippen LogP contribution is -2.42. The molecule has 2 aromatic carbocycles. The number of carbonyl (C=O) groups excluding carboxylic acids is 1. The fraction of sp³-hybridized carbons (Fsp3) is 0.316. The summed E-state index contributed by atoms with van der Waals surface area (Å²) >= 11 is 0. The van der Waals surface area contributed by atoms with Crippen molar-refractivity contribution in [2.75, 3.05) is 19.8 Å².